The van der Waals surface area contributed by atoms with E-state index in [1.54, 1.807) is 11.8 Å². The molecule has 2 aromatic rings. The zero-order chi connectivity index (χ0) is 18.0. The van der Waals surface area contributed by atoms with Crippen molar-refractivity contribution in [3.8, 4) is 0 Å². The van der Waals surface area contributed by atoms with Crippen LogP contribution in [0.1, 0.15) is 18.1 Å². The molecular weight excluding hydrogens is 318 g/mol. The fourth-order valence-electron chi connectivity index (χ4n) is 3.43. The topological polar surface area (TPSA) is 76.6 Å². The maximum absolute atomic E-state index is 12.7. The summed E-state index contributed by atoms with van der Waals surface area (Å²) >= 11 is 0. The van der Waals surface area contributed by atoms with Crippen LogP contribution in [0, 0.1) is 12.8 Å². The van der Waals surface area contributed by atoms with Gasteiger partial charge in [0.05, 0.1) is 18.9 Å². The average molecular weight is 343 g/mol. The van der Waals surface area contributed by atoms with Crippen LogP contribution in [0.3, 0.4) is 0 Å². The zero-order valence-electron chi connectivity index (χ0n) is 14.8. The van der Waals surface area contributed by atoms with E-state index in [0.717, 1.165) is 22.0 Å². The molecule has 0 saturated carbocycles. The van der Waals surface area contributed by atoms with Crippen molar-refractivity contribution < 1.29 is 14.7 Å². The molecule has 1 aromatic carbocycles. The predicted octanol–water partition coefficient (Wildman–Crippen LogP) is 1.32. The third-order valence-corrected chi connectivity index (χ3v) is 4.98. The van der Waals surface area contributed by atoms with Gasteiger partial charge in [0, 0.05) is 43.3 Å². The Hall–Kier alpha value is -2.34. The van der Waals surface area contributed by atoms with Crippen LogP contribution in [-0.4, -0.2) is 64.5 Å². The molecule has 1 atom stereocenters. The minimum absolute atomic E-state index is 0.0400. The largest absolute Gasteiger partial charge is 0.396 e. The van der Waals surface area contributed by atoms with Crippen LogP contribution >= 0.6 is 0 Å². The Kier molecular flexibility index (Phi) is 5.08. The quantitative estimate of drug-likeness (QED) is 0.879. The lowest BCUT2D eigenvalue weighted by atomic mass is 10.0. The molecule has 0 bridgehead atoms. The van der Waals surface area contributed by atoms with E-state index in [0.29, 0.717) is 32.6 Å². The van der Waals surface area contributed by atoms with Crippen LogP contribution in [-0.2, 0) is 16.0 Å². The Bertz CT molecular complexity index is 775. The summed E-state index contributed by atoms with van der Waals surface area (Å²) in [5.74, 6) is -0.329. The summed E-state index contributed by atoms with van der Waals surface area (Å²) < 4.78 is 0. The molecule has 1 aliphatic heterocycles. The van der Waals surface area contributed by atoms with E-state index in [2.05, 4.69) is 18.0 Å². The summed E-state index contributed by atoms with van der Waals surface area (Å²) in [6.45, 7) is 5.78. The lowest BCUT2D eigenvalue weighted by Crippen LogP contribution is -2.52. The molecule has 1 aliphatic rings. The van der Waals surface area contributed by atoms with E-state index >= 15 is 0 Å². The van der Waals surface area contributed by atoms with E-state index < -0.39 is 0 Å². The Morgan fingerprint density at radius 3 is 2.56 bits per heavy atom. The summed E-state index contributed by atoms with van der Waals surface area (Å²) in [6.07, 6.45) is 2.28. The first-order valence-electron chi connectivity index (χ1n) is 8.74. The molecule has 134 valence electrons. The highest BCUT2D eigenvalue weighted by atomic mass is 16.3. The van der Waals surface area contributed by atoms with Crippen molar-refractivity contribution in [3.63, 3.8) is 0 Å². The third-order valence-electron chi connectivity index (χ3n) is 4.98. The number of aliphatic hydroxyl groups excluding tert-OH is 1. The van der Waals surface area contributed by atoms with Crippen molar-refractivity contribution in [1.29, 1.82) is 0 Å². The molecule has 2 amide bonds. The number of aliphatic hydroxyl groups is 1. The fourth-order valence-corrected chi connectivity index (χ4v) is 3.43. The van der Waals surface area contributed by atoms with Crippen LogP contribution < -0.4 is 0 Å². The maximum atomic E-state index is 12.7. The van der Waals surface area contributed by atoms with Crippen LogP contribution in [0.2, 0.25) is 0 Å². The van der Waals surface area contributed by atoms with E-state index in [1.165, 1.54) is 0 Å². The summed E-state index contributed by atoms with van der Waals surface area (Å²) in [4.78, 5) is 31.6. The molecule has 0 spiro atoms. The Balaban J connectivity index is 1.62. The van der Waals surface area contributed by atoms with Gasteiger partial charge in [-0.3, -0.25) is 9.59 Å². The van der Waals surface area contributed by atoms with Crippen molar-refractivity contribution in [2.24, 2.45) is 5.92 Å². The number of carbonyl (C=O) groups excluding carboxylic acids is 2. The lowest BCUT2D eigenvalue weighted by molar-refractivity contribution is -0.142. The molecule has 1 unspecified atom stereocenters. The van der Waals surface area contributed by atoms with E-state index in [1.807, 2.05) is 23.2 Å². The van der Waals surface area contributed by atoms with Crippen molar-refractivity contribution in [3.05, 3.63) is 35.5 Å². The van der Waals surface area contributed by atoms with Gasteiger partial charge in [0.25, 0.3) is 0 Å². The number of fused-ring (bicyclic) bond motifs is 1. The normalized spacial score (nSPS) is 16.3. The number of carbonyl (C=O) groups is 2. The highest BCUT2D eigenvalue weighted by molar-refractivity contribution is 5.91. The summed E-state index contributed by atoms with van der Waals surface area (Å²) in [7, 11) is 0. The van der Waals surface area contributed by atoms with Gasteiger partial charge in [-0.2, -0.15) is 0 Å². The second-order valence-electron chi connectivity index (χ2n) is 6.78. The van der Waals surface area contributed by atoms with Gasteiger partial charge in [-0.25, -0.2) is 0 Å². The Morgan fingerprint density at radius 1 is 1.20 bits per heavy atom. The molecule has 1 aromatic heterocycles. The molecular formula is C19H25N3O3. The van der Waals surface area contributed by atoms with Crippen LogP contribution in [0.5, 0.6) is 0 Å². The number of hydrogen-bond acceptors (Lipinski definition) is 3. The SMILES string of the molecule is Cc1cccc2[nH]cc(CC(=O)N3CCN(C(=O)C(C)CO)CC3)c12. The van der Waals surface area contributed by atoms with Crippen molar-refractivity contribution in [1.82, 2.24) is 14.8 Å². The van der Waals surface area contributed by atoms with Gasteiger partial charge < -0.3 is 19.9 Å². The van der Waals surface area contributed by atoms with Gasteiger partial charge in [0.15, 0.2) is 0 Å². The minimum atomic E-state index is -0.378. The number of rotatable bonds is 4. The number of aryl methyl sites for hydroxylation is 1. The van der Waals surface area contributed by atoms with E-state index in [-0.39, 0.29) is 24.3 Å². The number of aromatic amines is 1. The number of nitrogens with zero attached hydrogens (tertiary/aromatic N) is 2. The lowest BCUT2D eigenvalue weighted by Gasteiger charge is -2.35. The highest BCUT2D eigenvalue weighted by Crippen LogP contribution is 2.23. The third kappa shape index (κ3) is 3.54. The molecule has 2 heterocycles. The van der Waals surface area contributed by atoms with Gasteiger partial charge >= 0.3 is 0 Å². The number of benzene rings is 1. The molecule has 0 aliphatic carbocycles. The molecule has 25 heavy (non-hydrogen) atoms. The monoisotopic (exact) mass is 343 g/mol. The smallest absolute Gasteiger partial charge is 0.227 e. The van der Waals surface area contributed by atoms with Crippen LogP contribution in [0.25, 0.3) is 10.9 Å². The Labute approximate surface area is 147 Å². The second-order valence-corrected chi connectivity index (χ2v) is 6.78. The standard InChI is InChI=1S/C19H25N3O3/c1-13-4-3-5-16-18(13)15(11-20-16)10-17(24)21-6-8-22(9-7-21)19(25)14(2)12-23/h3-5,11,14,20,23H,6-10,12H2,1-2H3. The van der Waals surface area contributed by atoms with E-state index in [4.69, 9.17) is 5.11 Å². The zero-order valence-corrected chi connectivity index (χ0v) is 14.8. The summed E-state index contributed by atoms with van der Waals surface area (Å²) in [5, 5.41) is 10.2. The number of aromatic nitrogens is 1. The second kappa shape index (κ2) is 7.27. The molecule has 2 N–H and O–H groups in total. The number of piperazine rings is 1. The van der Waals surface area contributed by atoms with Gasteiger partial charge in [-0.15, -0.1) is 0 Å². The first-order valence-corrected chi connectivity index (χ1v) is 8.74. The first-order chi connectivity index (χ1) is 12.0. The van der Waals surface area contributed by atoms with Crippen LogP contribution in [0.4, 0.5) is 0 Å². The molecule has 3 rings (SSSR count). The van der Waals surface area contributed by atoms with Crippen molar-refractivity contribution in [2.45, 2.75) is 20.3 Å². The van der Waals surface area contributed by atoms with Gasteiger partial charge in [-0.1, -0.05) is 19.1 Å². The maximum Gasteiger partial charge on any atom is 0.227 e. The number of nitrogens with one attached hydrogen (secondary N) is 1. The number of H-pyrrole nitrogens is 1. The van der Waals surface area contributed by atoms with Gasteiger partial charge in [0.2, 0.25) is 11.8 Å². The van der Waals surface area contributed by atoms with Crippen LogP contribution in [0.15, 0.2) is 24.4 Å². The summed E-state index contributed by atoms with van der Waals surface area (Å²) in [5.41, 5.74) is 3.23. The molecule has 0 radical (unpaired) electrons. The fraction of sp³-hybridized carbons (Fsp3) is 0.474. The number of amides is 2. The molecule has 6 nitrogen and oxygen atoms in total. The first kappa shape index (κ1) is 17.5. The minimum Gasteiger partial charge on any atom is -0.396 e. The summed E-state index contributed by atoms with van der Waals surface area (Å²) in [6, 6.07) is 6.07. The molecule has 1 fully saturated rings. The van der Waals surface area contributed by atoms with Crippen molar-refractivity contribution in [2.75, 3.05) is 32.8 Å². The van der Waals surface area contributed by atoms with Gasteiger partial charge in [-0.05, 0) is 24.1 Å². The Morgan fingerprint density at radius 2 is 1.88 bits per heavy atom. The molecule has 1 saturated heterocycles. The van der Waals surface area contributed by atoms with E-state index in [9.17, 15) is 9.59 Å². The molecule has 6 heteroatoms. The predicted molar refractivity (Wildman–Crippen MR) is 96.1 cm³/mol. The highest BCUT2D eigenvalue weighted by Gasteiger charge is 2.26. The average Bonchev–Trinajstić information content (AvgIpc) is 3.04. The van der Waals surface area contributed by atoms with Gasteiger partial charge in [0.1, 0.15) is 0 Å². The van der Waals surface area contributed by atoms with Crippen molar-refractivity contribution >= 4 is 22.7 Å². The number of hydrogen-bond donors (Lipinski definition) is 2.